The van der Waals surface area contributed by atoms with E-state index in [-0.39, 0.29) is 8.80 Å². The number of halogens is 1. The summed E-state index contributed by atoms with van der Waals surface area (Å²) >= 11 is 5.83. The predicted molar refractivity (Wildman–Crippen MR) is 55.7 cm³/mol. The van der Waals surface area contributed by atoms with Gasteiger partial charge in [-0.2, -0.15) is 0 Å². The van der Waals surface area contributed by atoms with Crippen LogP contribution < -0.4 is 5.19 Å². The van der Waals surface area contributed by atoms with Crippen LogP contribution in [0.15, 0.2) is 24.3 Å². The summed E-state index contributed by atoms with van der Waals surface area (Å²) in [6, 6.07) is 11.4. The normalized spacial score (nSPS) is 18.4. The second-order valence-corrected chi connectivity index (χ2v) is 6.54. The Labute approximate surface area is 80.2 Å². The van der Waals surface area contributed by atoms with Gasteiger partial charge in [-0.05, 0) is 12.1 Å². The van der Waals surface area contributed by atoms with Crippen molar-refractivity contribution in [2.75, 3.05) is 0 Å². The Bertz CT molecular complexity index is 249. The molecule has 1 aliphatic heterocycles. The van der Waals surface area contributed by atoms with Crippen LogP contribution in [-0.2, 0) is 0 Å². The average Bonchev–Trinajstić information content (AvgIpc) is 2.58. The fourth-order valence-corrected chi connectivity index (χ4v) is 4.72. The van der Waals surface area contributed by atoms with E-state index in [0.717, 1.165) is 5.02 Å². The Balaban J connectivity index is 2.17. The Hall–Kier alpha value is -0.273. The molecule has 0 aromatic heterocycles. The molecule has 63 valence electrons. The van der Waals surface area contributed by atoms with E-state index in [1.165, 1.54) is 24.9 Å². The fraction of sp³-hybridized carbons (Fsp3) is 0.400. The zero-order chi connectivity index (χ0) is 8.39. The van der Waals surface area contributed by atoms with Crippen molar-refractivity contribution in [2.24, 2.45) is 0 Å². The summed E-state index contributed by atoms with van der Waals surface area (Å²) < 4.78 is 0. The molecule has 0 spiro atoms. The van der Waals surface area contributed by atoms with Crippen LogP contribution in [0.5, 0.6) is 0 Å². The minimum absolute atomic E-state index is 0.165. The Morgan fingerprint density at radius 3 is 2.17 bits per heavy atom. The fourth-order valence-electron chi connectivity index (χ4n) is 1.78. The first-order valence-electron chi connectivity index (χ1n) is 4.47. The molecule has 1 aromatic rings. The maximum Gasteiger partial charge on any atom is 0.0856 e. The second-order valence-electron chi connectivity index (χ2n) is 3.32. The van der Waals surface area contributed by atoms with Crippen LogP contribution in [0.1, 0.15) is 12.8 Å². The van der Waals surface area contributed by atoms with Gasteiger partial charge in [0.05, 0.1) is 8.80 Å². The first-order chi connectivity index (χ1) is 5.86. The van der Waals surface area contributed by atoms with Gasteiger partial charge in [-0.3, -0.25) is 0 Å². The molecule has 1 fully saturated rings. The van der Waals surface area contributed by atoms with Crippen molar-refractivity contribution >= 4 is 25.6 Å². The third kappa shape index (κ3) is 1.72. The van der Waals surface area contributed by atoms with Gasteiger partial charge < -0.3 is 0 Å². The summed E-state index contributed by atoms with van der Waals surface area (Å²) in [5.41, 5.74) is 0. The predicted octanol–water partition coefficient (Wildman–Crippen LogP) is 2.84. The highest BCUT2D eigenvalue weighted by atomic mass is 35.5. The lowest BCUT2D eigenvalue weighted by Crippen LogP contribution is -2.25. The average molecular weight is 196 g/mol. The van der Waals surface area contributed by atoms with Crippen molar-refractivity contribution in [2.45, 2.75) is 24.9 Å². The van der Waals surface area contributed by atoms with Gasteiger partial charge in [-0.15, -0.1) is 0 Å². The van der Waals surface area contributed by atoms with E-state index in [1.54, 1.807) is 5.19 Å². The molecule has 0 nitrogen and oxygen atoms in total. The van der Waals surface area contributed by atoms with Gasteiger partial charge in [0.2, 0.25) is 0 Å². The molecule has 1 saturated heterocycles. The van der Waals surface area contributed by atoms with Crippen molar-refractivity contribution in [3.8, 4) is 0 Å². The molecule has 0 unspecified atom stereocenters. The summed E-state index contributed by atoms with van der Waals surface area (Å²) in [5.74, 6) is 0. The van der Waals surface area contributed by atoms with Crippen molar-refractivity contribution in [1.29, 1.82) is 0 Å². The first kappa shape index (κ1) is 8.33. The minimum Gasteiger partial charge on any atom is -0.0843 e. The van der Waals surface area contributed by atoms with E-state index < -0.39 is 0 Å². The Morgan fingerprint density at radius 2 is 1.58 bits per heavy atom. The summed E-state index contributed by atoms with van der Waals surface area (Å²) in [7, 11) is -0.165. The topological polar surface area (TPSA) is 0 Å². The maximum absolute atomic E-state index is 5.83. The molecular formula is C10H12ClSi. The van der Waals surface area contributed by atoms with Crippen LogP contribution >= 0.6 is 11.6 Å². The molecule has 0 amide bonds. The third-order valence-electron chi connectivity index (χ3n) is 2.46. The maximum atomic E-state index is 5.83. The van der Waals surface area contributed by atoms with Crippen LogP contribution in [0.25, 0.3) is 0 Å². The largest absolute Gasteiger partial charge is 0.0856 e. The van der Waals surface area contributed by atoms with Gasteiger partial charge in [0, 0.05) is 5.02 Å². The lowest BCUT2D eigenvalue weighted by molar-refractivity contribution is 0.935. The van der Waals surface area contributed by atoms with Crippen LogP contribution in [0.4, 0.5) is 0 Å². The van der Waals surface area contributed by atoms with Gasteiger partial charge in [0.15, 0.2) is 0 Å². The number of rotatable bonds is 1. The van der Waals surface area contributed by atoms with E-state index in [0.29, 0.717) is 0 Å². The van der Waals surface area contributed by atoms with Crippen molar-refractivity contribution in [3.05, 3.63) is 29.3 Å². The van der Waals surface area contributed by atoms with Crippen LogP contribution in [0.2, 0.25) is 17.1 Å². The second kappa shape index (κ2) is 3.63. The molecule has 0 aliphatic carbocycles. The van der Waals surface area contributed by atoms with Crippen molar-refractivity contribution in [1.82, 2.24) is 0 Å². The minimum atomic E-state index is -0.165. The number of hydrogen-bond acceptors (Lipinski definition) is 0. The summed E-state index contributed by atoms with van der Waals surface area (Å²) in [6.45, 7) is 0. The van der Waals surface area contributed by atoms with Gasteiger partial charge in [0.1, 0.15) is 0 Å². The zero-order valence-corrected chi connectivity index (χ0v) is 8.77. The molecule has 1 aliphatic rings. The smallest absolute Gasteiger partial charge is 0.0843 e. The molecule has 0 atom stereocenters. The summed E-state index contributed by atoms with van der Waals surface area (Å²) in [4.78, 5) is 0. The van der Waals surface area contributed by atoms with E-state index in [4.69, 9.17) is 11.6 Å². The molecule has 0 saturated carbocycles. The molecule has 12 heavy (non-hydrogen) atoms. The number of benzene rings is 1. The van der Waals surface area contributed by atoms with Gasteiger partial charge >= 0.3 is 0 Å². The Morgan fingerprint density at radius 1 is 1.00 bits per heavy atom. The summed E-state index contributed by atoms with van der Waals surface area (Å²) in [6.07, 6.45) is 2.88. The van der Waals surface area contributed by atoms with Crippen LogP contribution in [0, 0.1) is 0 Å². The lowest BCUT2D eigenvalue weighted by atomic mass is 10.4. The molecule has 2 rings (SSSR count). The molecular weight excluding hydrogens is 184 g/mol. The van der Waals surface area contributed by atoms with E-state index in [2.05, 4.69) is 12.1 Å². The van der Waals surface area contributed by atoms with E-state index >= 15 is 0 Å². The standard InChI is InChI=1S/C10H12ClSi/c11-9-3-5-10(6-4-9)12-7-1-2-8-12/h3-6H,1-2,7-8H2. The first-order valence-corrected chi connectivity index (χ1v) is 6.76. The van der Waals surface area contributed by atoms with Gasteiger partial charge in [0.25, 0.3) is 0 Å². The third-order valence-corrected chi connectivity index (χ3v) is 5.78. The summed E-state index contributed by atoms with van der Waals surface area (Å²) in [5, 5.41) is 2.43. The van der Waals surface area contributed by atoms with E-state index in [9.17, 15) is 0 Å². The van der Waals surface area contributed by atoms with Crippen molar-refractivity contribution in [3.63, 3.8) is 0 Å². The molecule has 1 heterocycles. The molecule has 1 radical (unpaired) electrons. The molecule has 0 N–H and O–H groups in total. The highest BCUT2D eigenvalue weighted by Crippen LogP contribution is 2.19. The molecule has 2 heteroatoms. The number of hydrogen-bond donors (Lipinski definition) is 0. The van der Waals surface area contributed by atoms with Crippen molar-refractivity contribution < 1.29 is 0 Å². The van der Waals surface area contributed by atoms with Gasteiger partial charge in [-0.25, -0.2) is 0 Å². The van der Waals surface area contributed by atoms with Crippen LogP contribution in [0.3, 0.4) is 0 Å². The molecule has 0 bridgehead atoms. The highest BCUT2D eigenvalue weighted by Gasteiger charge is 2.18. The lowest BCUT2D eigenvalue weighted by Gasteiger charge is -2.06. The SMILES string of the molecule is Clc1ccc([Si]2CCCC2)cc1. The van der Waals surface area contributed by atoms with Crippen LogP contribution in [-0.4, -0.2) is 8.80 Å². The van der Waals surface area contributed by atoms with Gasteiger partial charge in [-0.1, -0.05) is 53.9 Å². The Kier molecular flexibility index (Phi) is 2.52. The molecule has 1 aromatic carbocycles. The quantitative estimate of drug-likeness (QED) is 0.605. The monoisotopic (exact) mass is 195 g/mol. The van der Waals surface area contributed by atoms with E-state index in [1.807, 2.05) is 12.1 Å². The zero-order valence-electron chi connectivity index (χ0n) is 7.02. The highest BCUT2D eigenvalue weighted by molar-refractivity contribution is 6.73.